The van der Waals surface area contributed by atoms with Crippen molar-refractivity contribution in [2.45, 2.75) is 72.4 Å². The number of carbonyl (C=O) groups is 4. The number of imide groups is 2. The van der Waals surface area contributed by atoms with E-state index in [1.807, 2.05) is 77.1 Å². The highest BCUT2D eigenvalue weighted by Crippen LogP contribution is 2.47. The first-order chi connectivity index (χ1) is 19.8. The van der Waals surface area contributed by atoms with Crippen molar-refractivity contribution in [1.82, 2.24) is 9.80 Å². The Balaban J connectivity index is 1.59. The molecule has 0 unspecified atom stereocenters. The third-order valence-electron chi connectivity index (χ3n) is 9.61. The van der Waals surface area contributed by atoms with Gasteiger partial charge >= 0.3 is 0 Å². The molecule has 0 saturated carbocycles. The van der Waals surface area contributed by atoms with Crippen LogP contribution in [0.1, 0.15) is 100 Å². The maximum atomic E-state index is 13.9. The summed E-state index contributed by atoms with van der Waals surface area (Å²) in [4.78, 5) is 58.1. The molecular weight excluding hydrogens is 512 g/mol. The number of hydrogen-bond donors (Lipinski definition) is 0. The van der Waals surface area contributed by atoms with Crippen molar-refractivity contribution < 1.29 is 19.2 Å². The van der Waals surface area contributed by atoms with E-state index >= 15 is 0 Å². The van der Waals surface area contributed by atoms with Crippen molar-refractivity contribution in [1.29, 1.82) is 0 Å². The van der Waals surface area contributed by atoms with Gasteiger partial charge in [-0.2, -0.15) is 0 Å². The van der Waals surface area contributed by atoms with Crippen LogP contribution in [0.3, 0.4) is 0 Å². The lowest BCUT2D eigenvalue weighted by Gasteiger charge is -2.34. The first-order valence-electron chi connectivity index (χ1n) is 14.7. The third kappa shape index (κ3) is 3.08. The maximum absolute atomic E-state index is 13.9. The van der Waals surface area contributed by atoms with Gasteiger partial charge < -0.3 is 0 Å². The summed E-state index contributed by atoms with van der Waals surface area (Å²) < 4.78 is 0. The van der Waals surface area contributed by atoms with Crippen molar-refractivity contribution in [3.8, 4) is 0 Å². The number of fused-ring (bicyclic) bond motifs is 2. The van der Waals surface area contributed by atoms with Gasteiger partial charge in [-0.15, -0.1) is 0 Å². The predicted molar refractivity (Wildman–Crippen MR) is 162 cm³/mol. The standard InChI is InChI=1S/C35H32N2O4/c1-6-18(7-2)36-32(38)23-13-10-20-21-11-14-25-30-26(35(41)37(34(25)40)19(8-3)9-4)16-17(5)27(31(21)30)22-12-15-24(33(36)39)29(23)28(20)22/h10-16,18-19H,6-9H2,1-5H3. The molecule has 2 heterocycles. The first-order valence-corrected chi connectivity index (χ1v) is 14.7. The van der Waals surface area contributed by atoms with Crippen LogP contribution in [0.4, 0.5) is 0 Å². The van der Waals surface area contributed by atoms with Crippen LogP contribution in [0.5, 0.6) is 0 Å². The summed E-state index contributed by atoms with van der Waals surface area (Å²) in [6.45, 7) is 10.0. The van der Waals surface area contributed by atoms with Crippen LogP contribution in [0.2, 0.25) is 0 Å². The molecule has 0 saturated heterocycles. The Hall–Kier alpha value is -4.32. The van der Waals surface area contributed by atoms with E-state index in [0.29, 0.717) is 58.7 Å². The van der Waals surface area contributed by atoms with Crippen LogP contribution in [-0.4, -0.2) is 45.5 Å². The van der Waals surface area contributed by atoms with E-state index in [9.17, 15) is 19.2 Å². The van der Waals surface area contributed by atoms with Gasteiger partial charge in [-0.1, -0.05) is 45.9 Å². The Kier molecular flexibility index (Phi) is 5.53. The van der Waals surface area contributed by atoms with Crippen molar-refractivity contribution in [2.75, 3.05) is 0 Å². The molecular formula is C35H32N2O4. The van der Waals surface area contributed by atoms with Crippen molar-refractivity contribution in [3.05, 3.63) is 70.3 Å². The van der Waals surface area contributed by atoms with Crippen molar-refractivity contribution in [3.63, 3.8) is 0 Å². The first kappa shape index (κ1) is 25.6. The fraction of sp³-hybridized carbons (Fsp3) is 0.314. The molecule has 7 rings (SSSR count). The topological polar surface area (TPSA) is 74.8 Å². The number of nitrogens with zero attached hydrogens (tertiary/aromatic N) is 2. The molecule has 5 aromatic carbocycles. The normalized spacial score (nSPS) is 15.4. The zero-order valence-corrected chi connectivity index (χ0v) is 24.1. The maximum Gasteiger partial charge on any atom is 0.261 e. The minimum atomic E-state index is -0.245. The summed E-state index contributed by atoms with van der Waals surface area (Å²) in [7, 11) is 0. The number of amides is 4. The average molecular weight is 545 g/mol. The fourth-order valence-corrected chi connectivity index (χ4v) is 7.58. The fourth-order valence-electron chi connectivity index (χ4n) is 7.58. The van der Waals surface area contributed by atoms with Gasteiger partial charge in [0, 0.05) is 45.1 Å². The number of carbonyl (C=O) groups excluding carboxylic acids is 4. The summed E-state index contributed by atoms with van der Waals surface area (Å²) >= 11 is 0. The lowest BCUT2D eigenvalue weighted by atomic mass is 9.80. The molecule has 4 amide bonds. The van der Waals surface area contributed by atoms with Gasteiger partial charge in [-0.25, -0.2) is 0 Å². The Labute approximate surface area is 238 Å². The SMILES string of the molecule is CCC(CC)N1C(=O)c2ccc3c4ccc5c6c(cc(C)c(c7ccc(c2c37)C1=O)c64)C(=O)N(C(CC)CC)C5=O. The lowest BCUT2D eigenvalue weighted by molar-refractivity contribution is 0.0514. The van der Waals surface area contributed by atoms with E-state index in [4.69, 9.17) is 0 Å². The highest BCUT2D eigenvalue weighted by atomic mass is 16.2. The molecule has 0 aliphatic carbocycles. The van der Waals surface area contributed by atoms with Crippen LogP contribution in [0.25, 0.3) is 43.1 Å². The van der Waals surface area contributed by atoms with Gasteiger partial charge in [0.2, 0.25) is 0 Å². The second kappa shape index (κ2) is 8.84. The van der Waals surface area contributed by atoms with Gasteiger partial charge in [0.1, 0.15) is 0 Å². The number of rotatable bonds is 6. The van der Waals surface area contributed by atoms with Gasteiger partial charge in [-0.3, -0.25) is 29.0 Å². The van der Waals surface area contributed by atoms with Gasteiger partial charge in [0.25, 0.3) is 23.6 Å². The minimum absolute atomic E-state index is 0.154. The van der Waals surface area contributed by atoms with E-state index < -0.39 is 0 Å². The zero-order valence-electron chi connectivity index (χ0n) is 24.1. The summed E-state index contributed by atoms with van der Waals surface area (Å²) in [5, 5.41) is 6.88. The largest absolute Gasteiger partial charge is 0.271 e. The molecule has 0 aromatic heterocycles. The summed E-state index contributed by atoms with van der Waals surface area (Å²) in [5.74, 6) is -0.973. The van der Waals surface area contributed by atoms with Crippen molar-refractivity contribution >= 4 is 66.7 Å². The summed E-state index contributed by atoms with van der Waals surface area (Å²) in [6.07, 6.45) is 2.81. The van der Waals surface area contributed by atoms with E-state index in [1.165, 1.54) is 9.80 Å². The van der Waals surface area contributed by atoms with Crippen molar-refractivity contribution in [2.24, 2.45) is 0 Å². The van der Waals surface area contributed by atoms with E-state index in [0.717, 1.165) is 37.9 Å². The Morgan fingerprint density at radius 1 is 0.488 bits per heavy atom. The summed E-state index contributed by atoms with van der Waals surface area (Å²) in [6, 6.07) is 13.1. The van der Waals surface area contributed by atoms with E-state index in [1.54, 1.807) is 0 Å². The van der Waals surface area contributed by atoms with Crippen LogP contribution in [-0.2, 0) is 0 Å². The molecule has 0 fully saturated rings. The van der Waals surface area contributed by atoms with Crippen LogP contribution < -0.4 is 0 Å². The minimum Gasteiger partial charge on any atom is -0.271 e. The molecule has 2 aliphatic heterocycles. The molecule has 0 N–H and O–H groups in total. The molecule has 6 heteroatoms. The van der Waals surface area contributed by atoms with Crippen LogP contribution in [0, 0.1) is 6.92 Å². The Morgan fingerprint density at radius 2 is 0.878 bits per heavy atom. The molecule has 0 spiro atoms. The highest BCUT2D eigenvalue weighted by molar-refractivity contribution is 6.41. The molecule has 2 aliphatic rings. The monoisotopic (exact) mass is 544 g/mol. The second-order valence-electron chi connectivity index (χ2n) is 11.5. The zero-order chi connectivity index (χ0) is 28.9. The van der Waals surface area contributed by atoms with E-state index in [2.05, 4.69) is 0 Å². The summed E-state index contributed by atoms with van der Waals surface area (Å²) in [5.41, 5.74) is 3.13. The predicted octanol–water partition coefficient (Wildman–Crippen LogP) is 7.61. The lowest BCUT2D eigenvalue weighted by Crippen LogP contribution is -2.46. The quantitative estimate of drug-likeness (QED) is 0.125. The number of benzene rings is 5. The molecule has 6 nitrogen and oxygen atoms in total. The van der Waals surface area contributed by atoms with Gasteiger partial charge in [-0.05, 0) is 94.8 Å². The van der Waals surface area contributed by atoms with Gasteiger partial charge in [0.05, 0.1) is 0 Å². The average Bonchev–Trinajstić information content (AvgIpc) is 2.98. The van der Waals surface area contributed by atoms with Crippen LogP contribution in [0.15, 0.2) is 42.5 Å². The smallest absolute Gasteiger partial charge is 0.261 e. The molecule has 5 aromatic rings. The third-order valence-corrected chi connectivity index (χ3v) is 9.61. The Bertz CT molecular complexity index is 1980. The highest BCUT2D eigenvalue weighted by Gasteiger charge is 2.40. The number of hydrogen-bond acceptors (Lipinski definition) is 4. The molecule has 0 bridgehead atoms. The second-order valence-corrected chi connectivity index (χ2v) is 11.5. The Morgan fingerprint density at radius 3 is 1.34 bits per heavy atom. The van der Waals surface area contributed by atoms with E-state index in [-0.39, 0.29) is 35.7 Å². The molecule has 0 radical (unpaired) electrons. The van der Waals surface area contributed by atoms with Crippen LogP contribution >= 0.6 is 0 Å². The van der Waals surface area contributed by atoms with Gasteiger partial charge in [0.15, 0.2) is 0 Å². The molecule has 206 valence electrons. The molecule has 0 atom stereocenters. The molecule has 41 heavy (non-hydrogen) atoms. The number of aryl methyl sites for hydroxylation is 1.